The van der Waals surface area contributed by atoms with E-state index >= 15 is 0 Å². The summed E-state index contributed by atoms with van der Waals surface area (Å²) in [7, 11) is 0. The predicted molar refractivity (Wildman–Crippen MR) is 103 cm³/mol. The number of aryl methyl sites for hydroxylation is 2. The minimum absolute atomic E-state index is 0.0738. The van der Waals surface area contributed by atoms with E-state index in [9.17, 15) is 14.0 Å². The van der Waals surface area contributed by atoms with Crippen molar-refractivity contribution < 1.29 is 14.0 Å². The van der Waals surface area contributed by atoms with E-state index in [0.717, 1.165) is 10.5 Å². The van der Waals surface area contributed by atoms with Gasteiger partial charge < -0.3 is 10.6 Å². The van der Waals surface area contributed by atoms with Crippen LogP contribution in [0.25, 0.3) is 0 Å². The van der Waals surface area contributed by atoms with E-state index in [2.05, 4.69) is 16.7 Å². The summed E-state index contributed by atoms with van der Waals surface area (Å²) in [5.41, 5.74) is 2.94. The van der Waals surface area contributed by atoms with Crippen LogP contribution in [0.3, 0.4) is 0 Å². The summed E-state index contributed by atoms with van der Waals surface area (Å²) in [6.45, 7) is 4.75. The maximum Gasteiger partial charge on any atom is 0.230 e. The summed E-state index contributed by atoms with van der Waals surface area (Å²) in [5.74, 6) is -0.296. The molecule has 0 unspecified atom stereocenters. The van der Waals surface area contributed by atoms with E-state index < -0.39 is 0 Å². The highest BCUT2D eigenvalue weighted by molar-refractivity contribution is 8.00. The van der Waals surface area contributed by atoms with Gasteiger partial charge in [-0.1, -0.05) is 29.8 Å². The molecule has 2 aromatic rings. The van der Waals surface area contributed by atoms with E-state index in [-0.39, 0.29) is 24.1 Å². The van der Waals surface area contributed by atoms with Crippen LogP contribution in [-0.4, -0.2) is 30.7 Å². The molecule has 2 N–H and O–H groups in total. The summed E-state index contributed by atoms with van der Waals surface area (Å²) in [6, 6.07) is 12.1. The van der Waals surface area contributed by atoms with Crippen molar-refractivity contribution in [2.24, 2.45) is 0 Å². The molecule has 0 saturated carbocycles. The van der Waals surface area contributed by atoms with Gasteiger partial charge in [0.15, 0.2) is 0 Å². The van der Waals surface area contributed by atoms with Crippen molar-refractivity contribution in [2.75, 3.05) is 18.8 Å². The van der Waals surface area contributed by atoms with Crippen LogP contribution in [0.4, 0.5) is 4.39 Å². The second-order valence-electron chi connectivity index (χ2n) is 6.06. The van der Waals surface area contributed by atoms with Gasteiger partial charge in [0.2, 0.25) is 11.8 Å². The summed E-state index contributed by atoms with van der Waals surface area (Å²) in [4.78, 5) is 24.8. The molecule has 0 fully saturated rings. The molecular weight excluding hydrogens is 351 g/mol. The van der Waals surface area contributed by atoms with Crippen LogP contribution < -0.4 is 10.6 Å². The van der Waals surface area contributed by atoms with Gasteiger partial charge in [-0.2, -0.15) is 0 Å². The lowest BCUT2D eigenvalue weighted by atomic mass is 10.1. The Labute approximate surface area is 157 Å². The van der Waals surface area contributed by atoms with Gasteiger partial charge >= 0.3 is 0 Å². The first kappa shape index (κ1) is 20.0. The lowest BCUT2D eigenvalue weighted by molar-refractivity contribution is -0.121. The monoisotopic (exact) mass is 374 g/mol. The van der Waals surface area contributed by atoms with Crippen LogP contribution in [0, 0.1) is 19.7 Å². The van der Waals surface area contributed by atoms with Crippen molar-refractivity contribution in [3.8, 4) is 0 Å². The molecule has 0 aliphatic rings. The summed E-state index contributed by atoms with van der Waals surface area (Å²) in [5, 5.41) is 5.49. The van der Waals surface area contributed by atoms with Crippen LogP contribution >= 0.6 is 11.8 Å². The molecule has 0 heterocycles. The maximum atomic E-state index is 13.1. The average molecular weight is 374 g/mol. The molecule has 0 radical (unpaired) electrons. The Bertz CT molecular complexity index is 780. The van der Waals surface area contributed by atoms with Gasteiger partial charge in [0, 0.05) is 18.0 Å². The van der Waals surface area contributed by atoms with Gasteiger partial charge in [0.25, 0.3) is 0 Å². The first-order chi connectivity index (χ1) is 12.4. The molecule has 4 nitrogen and oxygen atoms in total. The summed E-state index contributed by atoms with van der Waals surface area (Å²) >= 11 is 1.50. The van der Waals surface area contributed by atoms with Crippen molar-refractivity contribution in [1.82, 2.24) is 10.6 Å². The van der Waals surface area contributed by atoms with Crippen LogP contribution in [0.2, 0.25) is 0 Å². The van der Waals surface area contributed by atoms with E-state index in [1.165, 1.54) is 29.5 Å². The zero-order chi connectivity index (χ0) is 18.9. The predicted octanol–water partition coefficient (Wildman–Crippen LogP) is 3.01. The molecule has 0 aliphatic carbocycles. The third kappa shape index (κ3) is 6.88. The Kier molecular flexibility index (Phi) is 7.66. The normalized spacial score (nSPS) is 10.4. The first-order valence-electron chi connectivity index (χ1n) is 8.42. The van der Waals surface area contributed by atoms with E-state index in [1.807, 2.05) is 26.0 Å². The van der Waals surface area contributed by atoms with Gasteiger partial charge in [0.05, 0.1) is 12.2 Å². The molecule has 0 atom stereocenters. The van der Waals surface area contributed by atoms with Crippen molar-refractivity contribution >= 4 is 23.6 Å². The molecule has 0 aliphatic heterocycles. The highest BCUT2D eigenvalue weighted by Crippen LogP contribution is 2.23. The van der Waals surface area contributed by atoms with Crippen LogP contribution in [0.5, 0.6) is 0 Å². The molecule has 0 aromatic heterocycles. The Hall–Kier alpha value is -2.34. The van der Waals surface area contributed by atoms with Crippen molar-refractivity contribution in [3.63, 3.8) is 0 Å². The number of amides is 2. The molecule has 2 amide bonds. The number of hydrogen-bond acceptors (Lipinski definition) is 3. The Morgan fingerprint density at radius 2 is 1.73 bits per heavy atom. The second-order valence-corrected chi connectivity index (χ2v) is 7.08. The van der Waals surface area contributed by atoms with Crippen molar-refractivity contribution in [3.05, 3.63) is 65.0 Å². The van der Waals surface area contributed by atoms with Gasteiger partial charge in [0.1, 0.15) is 5.82 Å². The van der Waals surface area contributed by atoms with Crippen molar-refractivity contribution in [2.45, 2.75) is 25.2 Å². The third-order valence-corrected chi connectivity index (χ3v) is 4.88. The van der Waals surface area contributed by atoms with Crippen LogP contribution in [0.1, 0.15) is 16.7 Å². The zero-order valence-electron chi connectivity index (χ0n) is 15.0. The minimum Gasteiger partial charge on any atom is -0.354 e. The number of carbonyl (C=O) groups excluding carboxylic acids is 2. The molecule has 6 heteroatoms. The lowest BCUT2D eigenvalue weighted by Crippen LogP contribution is -2.36. The molecule has 0 saturated heterocycles. The number of benzene rings is 2. The number of rotatable bonds is 8. The summed E-state index contributed by atoms with van der Waals surface area (Å²) in [6.07, 6.45) is 0.119. The highest BCUT2D eigenvalue weighted by Gasteiger charge is 2.06. The molecule has 0 spiro atoms. The fraction of sp³-hybridized carbons (Fsp3) is 0.300. The molecule has 138 valence electrons. The smallest absolute Gasteiger partial charge is 0.230 e. The van der Waals surface area contributed by atoms with Crippen LogP contribution in [0.15, 0.2) is 47.4 Å². The average Bonchev–Trinajstić information content (AvgIpc) is 2.59. The number of nitrogens with one attached hydrogen (secondary N) is 2. The molecule has 26 heavy (non-hydrogen) atoms. The summed E-state index contributed by atoms with van der Waals surface area (Å²) < 4.78 is 13.1. The fourth-order valence-electron chi connectivity index (χ4n) is 2.36. The van der Waals surface area contributed by atoms with Gasteiger partial charge in [-0.05, 0) is 43.2 Å². The fourth-order valence-corrected chi connectivity index (χ4v) is 3.31. The van der Waals surface area contributed by atoms with Gasteiger partial charge in [-0.15, -0.1) is 11.8 Å². The number of halogens is 1. The standard InChI is InChI=1S/C20H23FN2O2S/c1-14-6-7-15(2)18(10-14)26-13-20(25)23-9-8-22-19(24)12-16-4-3-5-17(21)11-16/h3-7,10-11H,8-9,12-13H2,1-2H3,(H,22,24)(H,23,25). The Morgan fingerprint density at radius 1 is 1.00 bits per heavy atom. The van der Waals surface area contributed by atoms with E-state index in [4.69, 9.17) is 0 Å². The van der Waals surface area contributed by atoms with Gasteiger partial charge in [-0.3, -0.25) is 9.59 Å². The number of carbonyl (C=O) groups is 2. The van der Waals surface area contributed by atoms with Crippen molar-refractivity contribution in [1.29, 1.82) is 0 Å². The topological polar surface area (TPSA) is 58.2 Å². The third-order valence-electron chi connectivity index (χ3n) is 3.73. The minimum atomic E-state index is -0.357. The molecule has 2 rings (SSSR count). The largest absolute Gasteiger partial charge is 0.354 e. The molecule has 0 bridgehead atoms. The number of hydrogen-bond donors (Lipinski definition) is 2. The number of thioether (sulfide) groups is 1. The highest BCUT2D eigenvalue weighted by atomic mass is 32.2. The maximum absolute atomic E-state index is 13.1. The zero-order valence-corrected chi connectivity index (χ0v) is 15.8. The quantitative estimate of drug-likeness (QED) is 0.552. The van der Waals surface area contributed by atoms with E-state index in [0.29, 0.717) is 24.4 Å². The Balaban J connectivity index is 1.63. The first-order valence-corrected chi connectivity index (χ1v) is 9.40. The lowest BCUT2D eigenvalue weighted by Gasteiger charge is -2.09. The Morgan fingerprint density at radius 3 is 2.46 bits per heavy atom. The second kappa shape index (κ2) is 9.97. The van der Waals surface area contributed by atoms with Gasteiger partial charge in [-0.25, -0.2) is 4.39 Å². The molecule has 2 aromatic carbocycles. The van der Waals surface area contributed by atoms with E-state index in [1.54, 1.807) is 12.1 Å². The SMILES string of the molecule is Cc1ccc(C)c(SCC(=O)NCCNC(=O)Cc2cccc(F)c2)c1. The van der Waals surface area contributed by atoms with Crippen LogP contribution in [-0.2, 0) is 16.0 Å². The molecular formula is C20H23FN2O2S.